The third-order valence-electron chi connectivity index (χ3n) is 8.24. The zero-order valence-corrected chi connectivity index (χ0v) is 22.1. The second-order valence-corrected chi connectivity index (χ2v) is 10.2. The van der Waals surface area contributed by atoms with Gasteiger partial charge in [0.1, 0.15) is 23.0 Å². The number of hydrogen-bond donors (Lipinski definition) is 1. The van der Waals surface area contributed by atoms with Gasteiger partial charge in [-0.25, -0.2) is 4.90 Å². The summed E-state index contributed by atoms with van der Waals surface area (Å²) in [5, 5.41) is 11.5. The largest absolute Gasteiger partial charge is 0.497 e. The summed E-state index contributed by atoms with van der Waals surface area (Å²) in [6, 6.07) is 5.81. The second-order valence-electron chi connectivity index (χ2n) is 10.2. The standard InChI is InChI=1S/C28H37N3O5/c1-7-31-27(33)30-16-20-14-21(34-5)15-23(35-6)25(20)17(2)12-24(30)28(31)8-10-29(11-9-28)26(32)22-13-18(3)36-19(22)4/h12-15,17,27,33H,7-11,16H2,1-6H3. The molecule has 0 aliphatic carbocycles. The van der Waals surface area contributed by atoms with Crippen molar-refractivity contribution in [3.8, 4) is 11.5 Å². The molecule has 3 aliphatic rings. The molecular weight excluding hydrogens is 458 g/mol. The first-order valence-corrected chi connectivity index (χ1v) is 12.8. The molecule has 36 heavy (non-hydrogen) atoms. The van der Waals surface area contributed by atoms with Crippen LogP contribution in [0.2, 0.25) is 0 Å². The number of ether oxygens (including phenoxy) is 2. The predicted octanol–water partition coefficient (Wildman–Crippen LogP) is 4.00. The van der Waals surface area contributed by atoms with Gasteiger partial charge < -0.3 is 28.8 Å². The van der Waals surface area contributed by atoms with Gasteiger partial charge in [-0.3, -0.25) is 4.79 Å². The summed E-state index contributed by atoms with van der Waals surface area (Å²) < 4.78 is 16.9. The Labute approximate surface area is 213 Å². The Balaban J connectivity index is 1.48. The Hall–Kier alpha value is -2.97. The Bertz CT molecular complexity index is 1190. The molecule has 5 rings (SSSR count). The first-order chi connectivity index (χ1) is 17.2. The van der Waals surface area contributed by atoms with E-state index in [9.17, 15) is 9.90 Å². The van der Waals surface area contributed by atoms with Crippen molar-refractivity contribution in [3.05, 3.63) is 58.2 Å². The summed E-state index contributed by atoms with van der Waals surface area (Å²) in [6.45, 7) is 10.5. The minimum atomic E-state index is -0.738. The maximum atomic E-state index is 13.3. The zero-order chi connectivity index (χ0) is 25.8. The number of likely N-dealkylation sites (N-methyl/N-ethyl adjacent to an activating group) is 1. The molecule has 194 valence electrons. The van der Waals surface area contributed by atoms with Crippen molar-refractivity contribution in [2.75, 3.05) is 33.9 Å². The fraction of sp³-hybridized carbons (Fsp3) is 0.536. The van der Waals surface area contributed by atoms with Crippen molar-refractivity contribution in [2.45, 2.75) is 64.9 Å². The number of methoxy groups -OCH3 is 2. The number of nitrogens with zero attached hydrogens (tertiary/aromatic N) is 3. The molecule has 1 aromatic heterocycles. The topological polar surface area (TPSA) is 78.6 Å². The Kier molecular flexibility index (Phi) is 6.29. The molecule has 2 atom stereocenters. The lowest BCUT2D eigenvalue weighted by atomic mass is 9.82. The number of hydrogen-bond acceptors (Lipinski definition) is 7. The van der Waals surface area contributed by atoms with Crippen LogP contribution in [-0.2, 0) is 6.54 Å². The maximum absolute atomic E-state index is 13.3. The average molecular weight is 496 g/mol. The van der Waals surface area contributed by atoms with Crippen LogP contribution in [0, 0.1) is 13.8 Å². The van der Waals surface area contributed by atoms with E-state index in [0.29, 0.717) is 37.5 Å². The molecular formula is C28H37N3O5. The van der Waals surface area contributed by atoms with Gasteiger partial charge in [0.2, 0.25) is 0 Å². The molecule has 0 radical (unpaired) electrons. The van der Waals surface area contributed by atoms with Crippen LogP contribution in [0.5, 0.6) is 11.5 Å². The van der Waals surface area contributed by atoms with E-state index in [1.807, 2.05) is 30.9 Å². The van der Waals surface area contributed by atoms with Gasteiger partial charge in [-0.05, 0) is 44.4 Å². The number of furan rings is 1. The number of likely N-dealkylation sites (tertiary alicyclic amines) is 1. The summed E-state index contributed by atoms with van der Waals surface area (Å²) in [6.07, 6.45) is 3.06. The quantitative estimate of drug-likeness (QED) is 0.687. The van der Waals surface area contributed by atoms with Crippen molar-refractivity contribution in [3.63, 3.8) is 0 Å². The third kappa shape index (κ3) is 3.69. The molecule has 4 heterocycles. The van der Waals surface area contributed by atoms with Crippen LogP contribution < -0.4 is 9.47 Å². The van der Waals surface area contributed by atoms with Crippen LogP contribution in [0.15, 0.2) is 34.4 Å². The van der Waals surface area contributed by atoms with E-state index in [-0.39, 0.29) is 17.4 Å². The number of allylic oxidation sites excluding steroid dienone is 1. The number of rotatable bonds is 4. The summed E-state index contributed by atoms with van der Waals surface area (Å²) >= 11 is 0. The summed E-state index contributed by atoms with van der Waals surface area (Å²) in [4.78, 5) is 19.5. The molecule has 8 nitrogen and oxygen atoms in total. The Morgan fingerprint density at radius 2 is 1.89 bits per heavy atom. The lowest BCUT2D eigenvalue weighted by molar-refractivity contribution is -0.0851. The van der Waals surface area contributed by atoms with Gasteiger partial charge in [-0.15, -0.1) is 0 Å². The molecule has 1 N–H and O–H groups in total. The minimum Gasteiger partial charge on any atom is -0.497 e. The fourth-order valence-corrected chi connectivity index (χ4v) is 6.54. The van der Waals surface area contributed by atoms with E-state index >= 15 is 0 Å². The smallest absolute Gasteiger partial charge is 0.257 e. The number of carbonyl (C=O) groups is 1. The normalized spacial score (nSPS) is 23.2. The lowest BCUT2D eigenvalue weighted by Gasteiger charge is -2.44. The highest BCUT2D eigenvalue weighted by Gasteiger charge is 2.55. The van der Waals surface area contributed by atoms with Crippen LogP contribution in [0.1, 0.15) is 65.6 Å². The molecule has 2 saturated heterocycles. The van der Waals surface area contributed by atoms with Crippen molar-refractivity contribution >= 4 is 5.91 Å². The highest BCUT2D eigenvalue weighted by atomic mass is 16.5. The van der Waals surface area contributed by atoms with E-state index < -0.39 is 6.35 Å². The number of aliphatic hydroxyl groups excluding tert-OH is 1. The van der Waals surface area contributed by atoms with Crippen molar-refractivity contribution < 1.29 is 23.8 Å². The first-order valence-electron chi connectivity index (χ1n) is 12.8. The van der Waals surface area contributed by atoms with Crippen molar-refractivity contribution in [1.29, 1.82) is 0 Å². The van der Waals surface area contributed by atoms with E-state index in [4.69, 9.17) is 13.9 Å². The molecule has 2 fully saturated rings. The SMILES string of the molecule is CCN1C(O)N2Cc3cc(OC)cc(OC)c3C(C)C=C2C12CCN(C(=O)c1cc(C)oc1C)CC2. The fourth-order valence-electron chi connectivity index (χ4n) is 6.54. The number of benzene rings is 1. The van der Waals surface area contributed by atoms with Gasteiger partial charge in [0.05, 0.1) is 25.3 Å². The average Bonchev–Trinajstić information content (AvgIpc) is 3.24. The molecule has 2 unspecified atom stereocenters. The molecule has 1 spiro atoms. The molecule has 1 aromatic carbocycles. The number of amides is 1. The number of piperidine rings is 1. The van der Waals surface area contributed by atoms with Gasteiger partial charge in [0.25, 0.3) is 5.91 Å². The molecule has 8 heteroatoms. The predicted molar refractivity (Wildman–Crippen MR) is 136 cm³/mol. The van der Waals surface area contributed by atoms with E-state index in [1.165, 1.54) is 0 Å². The van der Waals surface area contributed by atoms with Gasteiger partial charge in [0.15, 0.2) is 6.35 Å². The summed E-state index contributed by atoms with van der Waals surface area (Å²) in [5.41, 5.74) is 3.67. The number of carbonyl (C=O) groups excluding carboxylic acids is 1. The van der Waals surface area contributed by atoms with Gasteiger partial charge >= 0.3 is 0 Å². The van der Waals surface area contributed by atoms with Gasteiger partial charge in [-0.2, -0.15) is 0 Å². The van der Waals surface area contributed by atoms with Crippen LogP contribution in [-0.4, -0.2) is 71.5 Å². The monoisotopic (exact) mass is 495 g/mol. The zero-order valence-electron chi connectivity index (χ0n) is 22.1. The van der Waals surface area contributed by atoms with E-state index in [0.717, 1.165) is 46.9 Å². The Morgan fingerprint density at radius 1 is 1.17 bits per heavy atom. The van der Waals surface area contributed by atoms with Crippen LogP contribution in [0.4, 0.5) is 0 Å². The molecule has 3 aliphatic heterocycles. The summed E-state index contributed by atoms with van der Waals surface area (Å²) in [5.74, 6) is 3.08. The lowest BCUT2D eigenvalue weighted by Crippen LogP contribution is -2.55. The van der Waals surface area contributed by atoms with Gasteiger partial charge in [0, 0.05) is 49.4 Å². The minimum absolute atomic E-state index is 0.0186. The highest BCUT2D eigenvalue weighted by molar-refractivity contribution is 5.95. The molecule has 0 saturated carbocycles. The maximum Gasteiger partial charge on any atom is 0.257 e. The first kappa shape index (κ1) is 24.7. The van der Waals surface area contributed by atoms with Crippen molar-refractivity contribution in [1.82, 2.24) is 14.7 Å². The number of aliphatic hydroxyl groups is 1. The Morgan fingerprint density at radius 3 is 2.47 bits per heavy atom. The molecule has 2 aromatic rings. The molecule has 1 amide bonds. The number of fused-ring (bicyclic) bond motifs is 3. The van der Waals surface area contributed by atoms with Crippen molar-refractivity contribution in [2.24, 2.45) is 0 Å². The highest BCUT2D eigenvalue weighted by Crippen LogP contribution is 2.50. The van der Waals surface area contributed by atoms with E-state index in [1.54, 1.807) is 14.2 Å². The van der Waals surface area contributed by atoms with Crippen LogP contribution in [0.25, 0.3) is 0 Å². The van der Waals surface area contributed by atoms with Crippen LogP contribution >= 0.6 is 0 Å². The van der Waals surface area contributed by atoms with Crippen LogP contribution in [0.3, 0.4) is 0 Å². The second kappa shape index (κ2) is 9.16. The van der Waals surface area contributed by atoms with Gasteiger partial charge in [-0.1, -0.05) is 19.9 Å². The third-order valence-corrected chi connectivity index (χ3v) is 8.24. The summed E-state index contributed by atoms with van der Waals surface area (Å²) in [7, 11) is 3.34. The van der Waals surface area contributed by atoms with E-state index in [2.05, 4.69) is 35.8 Å². The molecule has 0 bridgehead atoms. The number of aryl methyl sites for hydroxylation is 2.